The molecular weight excluding hydrogens is 202 g/mol. The van der Waals surface area contributed by atoms with E-state index in [0.29, 0.717) is 24.3 Å². The van der Waals surface area contributed by atoms with Gasteiger partial charge in [-0.3, -0.25) is 0 Å². The minimum Gasteiger partial charge on any atom is -0.351 e. The molecule has 82 valence electrons. The van der Waals surface area contributed by atoms with Crippen molar-refractivity contribution in [1.29, 1.82) is 10.5 Å². The van der Waals surface area contributed by atoms with Crippen LogP contribution in [-0.2, 0) is 0 Å². The van der Waals surface area contributed by atoms with Crippen LogP contribution in [0.1, 0.15) is 25.8 Å². The zero-order valence-electron chi connectivity index (χ0n) is 9.38. The lowest BCUT2D eigenvalue weighted by Crippen LogP contribution is -2.33. The fourth-order valence-electron chi connectivity index (χ4n) is 1.40. The van der Waals surface area contributed by atoms with Crippen molar-refractivity contribution in [2.45, 2.75) is 26.3 Å². The molecule has 0 saturated heterocycles. The minimum absolute atomic E-state index is 0.178. The Kier molecular flexibility index (Phi) is 4.23. The Morgan fingerprint density at radius 3 is 2.75 bits per heavy atom. The van der Waals surface area contributed by atoms with Gasteiger partial charge in [-0.25, -0.2) is 0 Å². The molecule has 1 aromatic heterocycles. The van der Waals surface area contributed by atoms with Crippen LogP contribution in [0.5, 0.6) is 0 Å². The summed E-state index contributed by atoms with van der Waals surface area (Å²) in [4.78, 5) is 1.91. The van der Waals surface area contributed by atoms with Crippen molar-refractivity contribution < 1.29 is 0 Å². The predicted molar refractivity (Wildman–Crippen MR) is 59.5 cm³/mol. The smallest absolute Gasteiger partial charge is 0.169 e. The zero-order chi connectivity index (χ0) is 12.0. The first-order valence-corrected chi connectivity index (χ1v) is 5.06. The predicted octanol–water partition coefficient (Wildman–Crippen LogP) is 1.48. The van der Waals surface area contributed by atoms with Gasteiger partial charge in [-0.1, -0.05) is 0 Å². The molecule has 0 N–H and O–H groups in total. The third-order valence-corrected chi connectivity index (χ3v) is 2.18. The molecular formula is C11H13N5. The highest BCUT2D eigenvalue weighted by atomic mass is 15.3. The summed E-state index contributed by atoms with van der Waals surface area (Å²) in [5.41, 5.74) is 0.488. The van der Waals surface area contributed by atoms with Crippen LogP contribution in [0.15, 0.2) is 12.3 Å². The van der Waals surface area contributed by atoms with Crippen LogP contribution in [0, 0.1) is 22.7 Å². The molecule has 16 heavy (non-hydrogen) atoms. The summed E-state index contributed by atoms with van der Waals surface area (Å²) in [5, 5.41) is 25.3. The van der Waals surface area contributed by atoms with Crippen LogP contribution >= 0.6 is 0 Å². The van der Waals surface area contributed by atoms with Crippen LogP contribution in [0.25, 0.3) is 0 Å². The largest absolute Gasteiger partial charge is 0.351 e. The number of anilines is 1. The average Bonchev–Trinajstić information content (AvgIpc) is 2.29. The van der Waals surface area contributed by atoms with Crippen molar-refractivity contribution in [1.82, 2.24) is 10.2 Å². The maximum absolute atomic E-state index is 8.97. The van der Waals surface area contributed by atoms with Crippen molar-refractivity contribution in [2.75, 3.05) is 11.4 Å². The number of rotatable bonds is 4. The van der Waals surface area contributed by atoms with E-state index in [2.05, 4.69) is 22.3 Å². The van der Waals surface area contributed by atoms with Crippen LogP contribution in [-0.4, -0.2) is 22.8 Å². The van der Waals surface area contributed by atoms with Gasteiger partial charge in [0.25, 0.3) is 0 Å². The Balaban J connectivity index is 3.02. The molecule has 5 heteroatoms. The third-order valence-electron chi connectivity index (χ3n) is 2.18. The Hall–Kier alpha value is -2.14. The number of hydrogen-bond acceptors (Lipinski definition) is 5. The number of aromatic nitrogens is 2. The lowest BCUT2D eigenvalue weighted by atomic mass is 10.2. The number of hydrogen-bond donors (Lipinski definition) is 0. The van der Waals surface area contributed by atoms with Crippen molar-refractivity contribution in [3.8, 4) is 12.1 Å². The van der Waals surface area contributed by atoms with Gasteiger partial charge in [-0.2, -0.15) is 15.6 Å². The highest BCUT2D eigenvalue weighted by molar-refractivity contribution is 5.53. The Morgan fingerprint density at radius 1 is 1.44 bits per heavy atom. The summed E-state index contributed by atoms with van der Waals surface area (Å²) in [5.74, 6) is 0.551. The van der Waals surface area contributed by atoms with Crippen LogP contribution in [0.2, 0.25) is 0 Å². The van der Waals surface area contributed by atoms with Crippen LogP contribution < -0.4 is 4.90 Å². The minimum atomic E-state index is 0.178. The maximum Gasteiger partial charge on any atom is 0.169 e. The Morgan fingerprint density at radius 2 is 2.19 bits per heavy atom. The van der Waals surface area contributed by atoms with E-state index >= 15 is 0 Å². The molecule has 0 saturated carbocycles. The summed E-state index contributed by atoms with van der Waals surface area (Å²) in [6.45, 7) is 4.54. The number of nitrogens with zero attached hydrogens (tertiary/aromatic N) is 5. The fraction of sp³-hybridized carbons (Fsp3) is 0.455. The summed E-state index contributed by atoms with van der Waals surface area (Å²) in [6.07, 6.45) is 1.89. The molecule has 0 unspecified atom stereocenters. The van der Waals surface area contributed by atoms with E-state index in [1.165, 1.54) is 6.20 Å². The summed E-state index contributed by atoms with van der Waals surface area (Å²) >= 11 is 0. The van der Waals surface area contributed by atoms with Gasteiger partial charge in [0.2, 0.25) is 0 Å². The van der Waals surface area contributed by atoms with Gasteiger partial charge in [0, 0.05) is 12.6 Å². The van der Waals surface area contributed by atoms with Gasteiger partial charge in [-0.15, -0.1) is 5.10 Å². The highest BCUT2D eigenvalue weighted by Crippen LogP contribution is 2.17. The Labute approximate surface area is 94.9 Å². The number of nitriles is 2. The van der Waals surface area contributed by atoms with E-state index in [4.69, 9.17) is 10.5 Å². The molecule has 0 amide bonds. The SMILES string of the molecule is CC(C)N(CCC#N)c1nnccc1C#N. The first-order chi connectivity index (χ1) is 7.70. The third kappa shape index (κ3) is 2.68. The molecule has 1 heterocycles. The lowest BCUT2D eigenvalue weighted by Gasteiger charge is -2.26. The molecule has 0 atom stereocenters. The topological polar surface area (TPSA) is 76.6 Å². The average molecular weight is 215 g/mol. The van der Waals surface area contributed by atoms with Crippen molar-refractivity contribution >= 4 is 5.82 Å². The Bertz CT molecular complexity index is 427. The molecule has 1 aromatic rings. The van der Waals surface area contributed by atoms with Crippen LogP contribution in [0.3, 0.4) is 0 Å². The summed E-state index contributed by atoms with van der Waals surface area (Å²) in [6, 6.07) is 5.97. The van der Waals surface area contributed by atoms with Gasteiger partial charge in [-0.05, 0) is 19.9 Å². The molecule has 0 fully saturated rings. The first kappa shape index (κ1) is 11.9. The van der Waals surface area contributed by atoms with E-state index in [-0.39, 0.29) is 6.04 Å². The molecule has 0 bridgehead atoms. The zero-order valence-corrected chi connectivity index (χ0v) is 9.38. The summed E-state index contributed by atoms with van der Waals surface area (Å²) in [7, 11) is 0. The first-order valence-electron chi connectivity index (χ1n) is 5.06. The van der Waals surface area contributed by atoms with Crippen molar-refractivity contribution in [3.63, 3.8) is 0 Å². The molecule has 0 aliphatic rings. The van der Waals surface area contributed by atoms with E-state index in [1.807, 2.05) is 18.7 Å². The van der Waals surface area contributed by atoms with E-state index in [0.717, 1.165) is 0 Å². The van der Waals surface area contributed by atoms with Crippen molar-refractivity contribution in [2.24, 2.45) is 0 Å². The van der Waals surface area contributed by atoms with Crippen molar-refractivity contribution in [3.05, 3.63) is 17.8 Å². The van der Waals surface area contributed by atoms with Gasteiger partial charge < -0.3 is 4.90 Å². The standard InChI is InChI=1S/C11H13N5/c1-9(2)16(7-3-5-12)11-10(8-13)4-6-14-15-11/h4,6,9H,3,7H2,1-2H3. The molecule has 0 aliphatic heterocycles. The van der Waals surface area contributed by atoms with E-state index in [9.17, 15) is 0 Å². The second-order valence-corrected chi connectivity index (χ2v) is 3.58. The second kappa shape index (κ2) is 5.67. The molecule has 0 aromatic carbocycles. The molecule has 0 aliphatic carbocycles. The second-order valence-electron chi connectivity index (χ2n) is 3.58. The summed E-state index contributed by atoms with van der Waals surface area (Å²) < 4.78 is 0. The molecule has 0 spiro atoms. The molecule has 5 nitrogen and oxygen atoms in total. The van der Waals surface area contributed by atoms with E-state index in [1.54, 1.807) is 6.07 Å². The van der Waals surface area contributed by atoms with Gasteiger partial charge in [0.15, 0.2) is 5.82 Å². The highest BCUT2D eigenvalue weighted by Gasteiger charge is 2.15. The van der Waals surface area contributed by atoms with E-state index < -0.39 is 0 Å². The lowest BCUT2D eigenvalue weighted by molar-refractivity contribution is 0.669. The van der Waals surface area contributed by atoms with Gasteiger partial charge in [0.1, 0.15) is 6.07 Å². The van der Waals surface area contributed by atoms with Crippen LogP contribution in [0.4, 0.5) is 5.82 Å². The molecule has 1 rings (SSSR count). The quantitative estimate of drug-likeness (QED) is 0.760. The normalized spacial score (nSPS) is 9.56. The maximum atomic E-state index is 8.97. The fourth-order valence-corrected chi connectivity index (χ4v) is 1.40. The van der Waals surface area contributed by atoms with Gasteiger partial charge in [0.05, 0.1) is 24.3 Å². The van der Waals surface area contributed by atoms with Gasteiger partial charge >= 0.3 is 0 Å². The monoisotopic (exact) mass is 215 g/mol. The molecule has 0 radical (unpaired) electrons.